The summed E-state index contributed by atoms with van der Waals surface area (Å²) < 4.78 is 1.62. The molecule has 1 aromatic carbocycles. The fraction of sp³-hybridized carbons (Fsp3) is 0.316. The van der Waals surface area contributed by atoms with Crippen molar-refractivity contribution in [2.75, 3.05) is 0 Å². The highest BCUT2D eigenvalue weighted by Gasteiger charge is 2.40. The van der Waals surface area contributed by atoms with Crippen LogP contribution in [0.1, 0.15) is 35.9 Å². The van der Waals surface area contributed by atoms with Gasteiger partial charge < -0.3 is 10.0 Å². The summed E-state index contributed by atoms with van der Waals surface area (Å²) in [5.41, 5.74) is 1.55. The highest BCUT2D eigenvalue weighted by Crippen LogP contribution is 2.31. The average molecular weight is 365 g/mol. The van der Waals surface area contributed by atoms with E-state index in [1.54, 1.807) is 24.0 Å². The molecule has 4 rings (SSSR count). The number of benzene rings is 1. The van der Waals surface area contributed by atoms with Crippen LogP contribution in [0.15, 0.2) is 36.7 Å². The van der Waals surface area contributed by atoms with E-state index in [9.17, 15) is 14.7 Å². The Morgan fingerprint density at radius 1 is 1.30 bits per heavy atom. The highest BCUT2D eigenvalue weighted by atomic mass is 16.4. The molecule has 0 bridgehead atoms. The second kappa shape index (κ2) is 6.46. The third-order valence-electron chi connectivity index (χ3n) is 4.93. The average Bonchev–Trinajstić information content (AvgIpc) is 3.42. The van der Waals surface area contributed by atoms with Crippen LogP contribution in [-0.2, 0) is 4.79 Å². The summed E-state index contributed by atoms with van der Waals surface area (Å²) in [7, 11) is 0. The molecule has 1 aliphatic carbocycles. The SMILES string of the molecule is Cc1c(C(=O)N(C2CC2)C(C)C(=O)O)nnn1-c1cccc2cnccc12. The number of fused-ring (bicyclic) bond motifs is 1. The summed E-state index contributed by atoms with van der Waals surface area (Å²) in [6, 6.07) is 6.68. The maximum Gasteiger partial charge on any atom is 0.326 e. The number of carbonyl (C=O) groups is 2. The third kappa shape index (κ3) is 2.92. The van der Waals surface area contributed by atoms with Gasteiger partial charge in [-0.1, -0.05) is 17.3 Å². The van der Waals surface area contributed by atoms with Gasteiger partial charge in [0.15, 0.2) is 5.69 Å². The Bertz CT molecular complexity index is 1040. The van der Waals surface area contributed by atoms with Gasteiger partial charge in [-0.3, -0.25) is 9.78 Å². The molecule has 1 N–H and O–H groups in total. The quantitative estimate of drug-likeness (QED) is 0.744. The molecule has 0 saturated heterocycles. The van der Waals surface area contributed by atoms with E-state index in [0.29, 0.717) is 5.69 Å². The van der Waals surface area contributed by atoms with Crippen molar-refractivity contribution in [1.82, 2.24) is 24.9 Å². The van der Waals surface area contributed by atoms with E-state index in [0.717, 1.165) is 29.3 Å². The monoisotopic (exact) mass is 365 g/mol. The normalized spacial score (nSPS) is 14.9. The van der Waals surface area contributed by atoms with Crippen LogP contribution in [0.4, 0.5) is 0 Å². The lowest BCUT2D eigenvalue weighted by Crippen LogP contribution is -2.45. The molecule has 1 fully saturated rings. The molecule has 0 aliphatic heterocycles. The number of carbonyl (C=O) groups excluding carboxylic acids is 1. The van der Waals surface area contributed by atoms with Gasteiger partial charge in [0, 0.05) is 29.2 Å². The van der Waals surface area contributed by atoms with Crippen molar-refractivity contribution in [2.45, 2.75) is 38.8 Å². The van der Waals surface area contributed by atoms with Crippen LogP contribution in [0.25, 0.3) is 16.5 Å². The van der Waals surface area contributed by atoms with Crippen LogP contribution in [0.2, 0.25) is 0 Å². The molecule has 1 aliphatic rings. The van der Waals surface area contributed by atoms with E-state index in [-0.39, 0.29) is 11.7 Å². The van der Waals surface area contributed by atoms with Gasteiger partial charge in [0.1, 0.15) is 6.04 Å². The Kier molecular flexibility index (Phi) is 4.10. The molecule has 138 valence electrons. The molecule has 27 heavy (non-hydrogen) atoms. The Morgan fingerprint density at radius 3 is 2.78 bits per heavy atom. The van der Waals surface area contributed by atoms with Crippen molar-refractivity contribution < 1.29 is 14.7 Å². The summed E-state index contributed by atoms with van der Waals surface area (Å²) in [6.45, 7) is 3.29. The molecule has 0 radical (unpaired) electrons. The van der Waals surface area contributed by atoms with Crippen molar-refractivity contribution in [2.24, 2.45) is 0 Å². The van der Waals surface area contributed by atoms with Crippen LogP contribution in [0.5, 0.6) is 0 Å². The van der Waals surface area contributed by atoms with Gasteiger partial charge in [-0.2, -0.15) is 0 Å². The van der Waals surface area contributed by atoms with E-state index in [2.05, 4.69) is 15.3 Å². The van der Waals surface area contributed by atoms with Gasteiger partial charge >= 0.3 is 5.97 Å². The smallest absolute Gasteiger partial charge is 0.326 e. The molecule has 0 spiro atoms. The fourth-order valence-corrected chi connectivity index (χ4v) is 3.30. The molecule has 3 aromatic rings. The van der Waals surface area contributed by atoms with Crippen molar-refractivity contribution in [3.05, 3.63) is 48.0 Å². The zero-order valence-corrected chi connectivity index (χ0v) is 15.0. The summed E-state index contributed by atoms with van der Waals surface area (Å²) in [4.78, 5) is 30.0. The number of hydrogen-bond donors (Lipinski definition) is 1. The second-order valence-electron chi connectivity index (χ2n) is 6.77. The molecular weight excluding hydrogens is 346 g/mol. The number of amides is 1. The van der Waals surface area contributed by atoms with Crippen LogP contribution in [0, 0.1) is 6.92 Å². The van der Waals surface area contributed by atoms with Crippen molar-refractivity contribution >= 4 is 22.6 Å². The molecule has 8 nitrogen and oxygen atoms in total. The van der Waals surface area contributed by atoms with E-state index in [1.165, 1.54) is 11.8 Å². The van der Waals surface area contributed by atoms with Gasteiger partial charge in [0.05, 0.1) is 11.4 Å². The zero-order valence-electron chi connectivity index (χ0n) is 15.0. The lowest BCUT2D eigenvalue weighted by Gasteiger charge is -2.25. The van der Waals surface area contributed by atoms with Gasteiger partial charge in [-0.25, -0.2) is 9.48 Å². The molecule has 1 saturated carbocycles. The Hall–Kier alpha value is -3.29. The first-order chi connectivity index (χ1) is 13.0. The topological polar surface area (TPSA) is 101 Å². The van der Waals surface area contributed by atoms with Gasteiger partial charge in [0.2, 0.25) is 0 Å². The third-order valence-corrected chi connectivity index (χ3v) is 4.93. The number of rotatable bonds is 5. The minimum atomic E-state index is -1.03. The highest BCUT2D eigenvalue weighted by molar-refractivity contribution is 5.96. The lowest BCUT2D eigenvalue weighted by molar-refractivity contribution is -0.141. The number of nitrogens with zero attached hydrogens (tertiary/aromatic N) is 5. The van der Waals surface area contributed by atoms with Crippen molar-refractivity contribution in [3.8, 4) is 5.69 Å². The number of aromatic nitrogens is 4. The Morgan fingerprint density at radius 2 is 2.07 bits per heavy atom. The fourth-order valence-electron chi connectivity index (χ4n) is 3.30. The molecule has 1 atom stereocenters. The van der Waals surface area contributed by atoms with Gasteiger partial charge in [-0.15, -0.1) is 5.10 Å². The van der Waals surface area contributed by atoms with Crippen molar-refractivity contribution in [3.63, 3.8) is 0 Å². The first-order valence-corrected chi connectivity index (χ1v) is 8.80. The predicted molar refractivity (Wildman–Crippen MR) is 97.7 cm³/mol. The minimum Gasteiger partial charge on any atom is -0.480 e. The number of carboxylic acid groups (broad SMARTS) is 1. The standard InChI is InChI=1S/C19H19N5O3/c1-11-17(18(25)23(14-6-7-14)12(2)19(26)27)21-22-24(11)16-5-3-4-13-10-20-9-8-15(13)16/h3-5,8-10,12,14H,6-7H2,1-2H3,(H,26,27). The van der Waals surface area contributed by atoms with Gasteiger partial charge in [-0.05, 0) is 38.8 Å². The maximum absolute atomic E-state index is 13.0. The van der Waals surface area contributed by atoms with E-state index in [4.69, 9.17) is 0 Å². The van der Waals surface area contributed by atoms with Crippen LogP contribution < -0.4 is 0 Å². The second-order valence-corrected chi connectivity index (χ2v) is 6.77. The number of aliphatic carboxylic acids is 1. The summed E-state index contributed by atoms with van der Waals surface area (Å²) >= 11 is 0. The Balaban J connectivity index is 1.76. The van der Waals surface area contributed by atoms with Crippen molar-refractivity contribution in [1.29, 1.82) is 0 Å². The van der Waals surface area contributed by atoms with Gasteiger partial charge in [0.25, 0.3) is 5.91 Å². The first-order valence-electron chi connectivity index (χ1n) is 8.80. The predicted octanol–water partition coefficient (Wildman–Crippen LogP) is 2.20. The Labute approximate surface area is 155 Å². The largest absolute Gasteiger partial charge is 0.480 e. The first kappa shape index (κ1) is 17.1. The minimum absolute atomic E-state index is 0.0446. The van der Waals surface area contributed by atoms with Crippen LogP contribution in [0.3, 0.4) is 0 Å². The molecule has 1 unspecified atom stereocenters. The van der Waals surface area contributed by atoms with E-state index in [1.807, 2.05) is 24.3 Å². The molecular formula is C19H19N5O3. The molecule has 1 amide bonds. The number of pyridine rings is 1. The zero-order chi connectivity index (χ0) is 19.1. The van der Waals surface area contributed by atoms with E-state index >= 15 is 0 Å². The van der Waals surface area contributed by atoms with Crippen LogP contribution in [-0.4, -0.2) is 53.9 Å². The summed E-state index contributed by atoms with van der Waals surface area (Å²) in [5.74, 6) is -1.42. The lowest BCUT2D eigenvalue weighted by atomic mass is 10.1. The molecule has 2 aromatic heterocycles. The number of hydrogen-bond acceptors (Lipinski definition) is 5. The van der Waals surface area contributed by atoms with Crippen LogP contribution >= 0.6 is 0 Å². The molecule has 2 heterocycles. The molecule has 8 heteroatoms. The summed E-state index contributed by atoms with van der Waals surface area (Å²) in [6.07, 6.45) is 5.09. The summed E-state index contributed by atoms with van der Waals surface area (Å²) in [5, 5.41) is 19.5. The maximum atomic E-state index is 13.0. The van der Waals surface area contributed by atoms with E-state index < -0.39 is 17.9 Å². The number of carboxylic acids is 1.